The summed E-state index contributed by atoms with van der Waals surface area (Å²) in [5.41, 5.74) is 0. The van der Waals surface area contributed by atoms with E-state index in [0.29, 0.717) is 29.5 Å². The summed E-state index contributed by atoms with van der Waals surface area (Å²) in [6.45, 7) is 25.6. The summed E-state index contributed by atoms with van der Waals surface area (Å²) in [5.74, 6) is 2.74. The van der Waals surface area contributed by atoms with Crippen LogP contribution in [-0.4, -0.2) is 37.5 Å². The van der Waals surface area contributed by atoms with Crippen LogP contribution in [0.3, 0.4) is 0 Å². The first-order valence-electron chi connectivity index (χ1n) is 14.6. The van der Waals surface area contributed by atoms with Crippen molar-refractivity contribution in [3.05, 3.63) is 60.7 Å². The van der Waals surface area contributed by atoms with Gasteiger partial charge < -0.3 is 8.85 Å². The molecule has 3 nitrogen and oxygen atoms in total. The minimum absolute atomic E-state index is 0.204. The fourth-order valence-corrected chi connectivity index (χ4v) is 7.58. The highest BCUT2D eigenvalue weighted by atomic mass is 28.3. The Bertz CT molecular complexity index is 801. The third-order valence-electron chi connectivity index (χ3n) is 6.34. The molecule has 38 heavy (non-hydrogen) atoms. The van der Waals surface area contributed by atoms with Gasteiger partial charge in [0.15, 0.2) is 0 Å². The van der Waals surface area contributed by atoms with E-state index in [9.17, 15) is 4.79 Å². The molecule has 216 valence electrons. The lowest BCUT2D eigenvalue weighted by Crippen LogP contribution is -2.47. The highest BCUT2D eigenvalue weighted by Crippen LogP contribution is 2.21. The third kappa shape index (κ3) is 15.2. The number of carbonyl (C=O) groups is 1. The van der Waals surface area contributed by atoms with Gasteiger partial charge in [-0.1, -0.05) is 149 Å². The molecule has 0 unspecified atom stereocenters. The first-order valence-corrected chi connectivity index (χ1v) is 17.1. The maximum atomic E-state index is 10.8. The fraction of sp³-hybridized carbons (Fsp3) is 0.606. The molecule has 5 heteroatoms. The van der Waals surface area contributed by atoms with E-state index in [1.807, 2.05) is 33.8 Å². The van der Waals surface area contributed by atoms with E-state index in [1.165, 1.54) is 20.6 Å². The Morgan fingerprint density at radius 1 is 0.579 bits per heavy atom. The van der Waals surface area contributed by atoms with E-state index < -0.39 is 9.28 Å². The van der Waals surface area contributed by atoms with Crippen molar-refractivity contribution in [2.24, 2.45) is 35.5 Å². The van der Waals surface area contributed by atoms with Crippen molar-refractivity contribution in [1.29, 1.82) is 0 Å². The van der Waals surface area contributed by atoms with Gasteiger partial charge in [-0.15, -0.1) is 0 Å². The van der Waals surface area contributed by atoms with Gasteiger partial charge in [0.2, 0.25) is 0 Å². The molecule has 0 fully saturated rings. The van der Waals surface area contributed by atoms with Gasteiger partial charge in [0.05, 0.1) is 12.2 Å². The monoisotopic (exact) mass is 558 g/mol. The molecule has 0 aromatic heterocycles. The van der Waals surface area contributed by atoms with Crippen LogP contribution in [0, 0.1) is 35.5 Å². The van der Waals surface area contributed by atoms with Gasteiger partial charge in [-0.3, -0.25) is 4.79 Å². The normalized spacial score (nSPS) is 11.7. The molecule has 0 aliphatic heterocycles. The average molecular weight is 559 g/mol. The van der Waals surface area contributed by atoms with E-state index in [1.54, 1.807) is 0 Å². The number of carbonyl (C=O) groups excluding carboxylic acids is 1. The lowest BCUT2D eigenvalue weighted by atomic mass is 9.97. The van der Waals surface area contributed by atoms with Gasteiger partial charge in [-0.25, -0.2) is 0 Å². The fourth-order valence-electron chi connectivity index (χ4n) is 4.45. The van der Waals surface area contributed by atoms with Crippen LogP contribution in [0.4, 0.5) is 0 Å². The van der Waals surface area contributed by atoms with Crippen LogP contribution >= 0.6 is 0 Å². The first kappa shape index (κ1) is 36.5. The largest absolute Gasteiger partial charge is 0.390 e. The number of ketones is 1. The molecular formula is C33H58O3Si2. The standard InChI is InChI=1S/C20H36O2Si.C7H14O.C6H8Si/c1-14(2)19(15(3)4)21-23(18-12-10-9-11-13-18)22-20(16(5)6)17(7)8;1-5(2)7(8)6(3)4;7-6-4-2-1-3-5-6/h9-17,19-20,23H,1-8H3;5-6H,1-4H3;1-5H,7H3. The molecule has 0 aliphatic carbocycles. The maximum Gasteiger partial charge on any atom is 0.356 e. The number of benzene rings is 2. The van der Waals surface area contributed by atoms with Gasteiger partial charge in [-0.05, 0) is 28.9 Å². The second-order valence-electron chi connectivity index (χ2n) is 12.3. The number of Topliss-reactive ketones (excluding diaryl/α,β-unsaturated/α-hetero) is 1. The minimum Gasteiger partial charge on any atom is -0.390 e. The molecule has 0 amide bonds. The molecule has 0 atom stereocenters. The van der Waals surface area contributed by atoms with Crippen LogP contribution in [-0.2, 0) is 13.6 Å². The Morgan fingerprint density at radius 3 is 1.11 bits per heavy atom. The molecule has 0 aliphatic rings. The summed E-state index contributed by atoms with van der Waals surface area (Å²) in [6, 6.07) is 21.0. The Hall–Kier alpha value is -1.54. The lowest BCUT2D eigenvalue weighted by Gasteiger charge is -2.34. The summed E-state index contributed by atoms with van der Waals surface area (Å²) >= 11 is 0. The Morgan fingerprint density at radius 2 is 0.895 bits per heavy atom. The Balaban J connectivity index is 0.000000737. The molecule has 0 bridgehead atoms. The van der Waals surface area contributed by atoms with Crippen molar-refractivity contribution in [2.75, 3.05) is 0 Å². The summed E-state index contributed by atoms with van der Waals surface area (Å²) in [5, 5.41) is 2.70. The Kier molecular flexibility index (Phi) is 18.7. The molecule has 0 saturated carbocycles. The highest BCUT2D eigenvalue weighted by molar-refractivity contribution is 6.61. The lowest BCUT2D eigenvalue weighted by molar-refractivity contribution is -0.124. The third-order valence-corrected chi connectivity index (χ3v) is 9.06. The first-order chi connectivity index (χ1) is 17.7. The predicted octanol–water partition coefficient (Wildman–Crippen LogP) is 6.05. The van der Waals surface area contributed by atoms with Crippen LogP contribution in [0.5, 0.6) is 0 Å². The van der Waals surface area contributed by atoms with E-state index >= 15 is 0 Å². The summed E-state index contributed by atoms with van der Waals surface area (Å²) < 4.78 is 13.2. The van der Waals surface area contributed by atoms with Crippen LogP contribution in [0.1, 0.15) is 83.1 Å². The molecule has 2 rings (SSSR count). The minimum atomic E-state index is -1.93. The van der Waals surface area contributed by atoms with E-state index in [2.05, 4.69) is 110 Å². The van der Waals surface area contributed by atoms with Crippen molar-refractivity contribution in [3.8, 4) is 0 Å². The summed E-state index contributed by atoms with van der Waals surface area (Å²) in [4.78, 5) is 10.8. The molecule has 0 spiro atoms. The van der Waals surface area contributed by atoms with Gasteiger partial charge in [0, 0.05) is 22.1 Å². The number of rotatable bonds is 11. The van der Waals surface area contributed by atoms with Crippen molar-refractivity contribution in [1.82, 2.24) is 0 Å². The predicted molar refractivity (Wildman–Crippen MR) is 173 cm³/mol. The van der Waals surface area contributed by atoms with Crippen molar-refractivity contribution < 1.29 is 13.6 Å². The van der Waals surface area contributed by atoms with Gasteiger partial charge in [-0.2, -0.15) is 0 Å². The van der Waals surface area contributed by atoms with Crippen molar-refractivity contribution in [3.63, 3.8) is 0 Å². The van der Waals surface area contributed by atoms with Crippen LogP contribution in [0.15, 0.2) is 60.7 Å². The van der Waals surface area contributed by atoms with Gasteiger partial charge >= 0.3 is 9.28 Å². The van der Waals surface area contributed by atoms with Gasteiger partial charge in [0.1, 0.15) is 5.78 Å². The zero-order chi connectivity index (χ0) is 29.4. The smallest absolute Gasteiger partial charge is 0.356 e. The zero-order valence-corrected chi connectivity index (χ0v) is 29.8. The number of hydrogen-bond donors (Lipinski definition) is 0. The summed E-state index contributed by atoms with van der Waals surface area (Å²) in [7, 11) is -0.759. The van der Waals surface area contributed by atoms with E-state index in [4.69, 9.17) is 8.85 Å². The van der Waals surface area contributed by atoms with Crippen LogP contribution < -0.4 is 10.4 Å². The SMILES string of the molecule is CC(C)C(=O)C(C)C.CC(C)C(O[SiH](OC(C(C)C)C(C)C)c1ccccc1)C(C)C.[SiH3]c1ccccc1. The molecular weight excluding hydrogens is 501 g/mol. The van der Waals surface area contributed by atoms with E-state index in [0.717, 1.165) is 0 Å². The molecule has 0 radical (unpaired) electrons. The van der Waals surface area contributed by atoms with Crippen LogP contribution in [0.2, 0.25) is 0 Å². The van der Waals surface area contributed by atoms with Gasteiger partial charge in [0.25, 0.3) is 0 Å². The molecule has 0 heterocycles. The van der Waals surface area contributed by atoms with E-state index in [-0.39, 0.29) is 24.0 Å². The maximum absolute atomic E-state index is 10.8. The molecule has 2 aromatic carbocycles. The zero-order valence-electron chi connectivity index (χ0n) is 26.7. The average Bonchev–Trinajstić information content (AvgIpc) is 2.84. The molecule has 2 aromatic rings. The van der Waals surface area contributed by atoms with Crippen molar-refractivity contribution >= 4 is 35.7 Å². The highest BCUT2D eigenvalue weighted by Gasteiger charge is 2.30. The quantitative estimate of drug-likeness (QED) is 0.315. The molecule has 0 N–H and O–H groups in total. The molecule has 0 saturated heterocycles. The topological polar surface area (TPSA) is 35.5 Å². The Labute approximate surface area is 240 Å². The van der Waals surface area contributed by atoms with Crippen molar-refractivity contribution in [2.45, 2.75) is 95.3 Å². The second kappa shape index (κ2) is 19.5. The second-order valence-corrected chi connectivity index (χ2v) is 15.3. The number of hydrogen-bond acceptors (Lipinski definition) is 3. The van der Waals surface area contributed by atoms with Crippen LogP contribution in [0.25, 0.3) is 0 Å². The summed E-state index contributed by atoms with van der Waals surface area (Å²) in [6.07, 6.45) is 0.485.